The monoisotopic (exact) mass is 537 g/mol. The standard InChI is InChI=1S/C23H25BrClN3O3S/c1-6-9-32-19-8-7-15(25)12-18(19)28(22(30)31-23(3,4)5)27-13-26-20-16(21(27)29)10-14(2)11-17(20)24/h7-8,10-13H,6,9H2,1-5H3. The van der Waals surface area contributed by atoms with E-state index in [4.69, 9.17) is 16.3 Å². The molecule has 0 N–H and O–H groups in total. The molecular weight excluding hydrogens is 514 g/mol. The Balaban J connectivity index is 2.28. The molecule has 0 unspecified atom stereocenters. The molecule has 170 valence electrons. The van der Waals surface area contributed by atoms with Crippen LogP contribution in [0.25, 0.3) is 10.9 Å². The first-order chi connectivity index (χ1) is 15.0. The fourth-order valence-electron chi connectivity index (χ4n) is 3.06. The number of amides is 1. The third-order valence-electron chi connectivity index (χ3n) is 4.34. The molecule has 0 aliphatic rings. The van der Waals surface area contributed by atoms with Crippen LogP contribution in [-0.2, 0) is 4.74 Å². The van der Waals surface area contributed by atoms with Gasteiger partial charge in [0.15, 0.2) is 0 Å². The molecule has 9 heteroatoms. The summed E-state index contributed by atoms with van der Waals surface area (Å²) < 4.78 is 7.56. The van der Waals surface area contributed by atoms with E-state index in [0.29, 0.717) is 26.1 Å². The number of nitrogens with zero attached hydrogens (tertiary/aromatic N) is 3. The maximum atomic E-state index is 13.5. The van der Waals surface area contributed by atoms with Gasteiger partial charge in [0.05, 0.1) is 16.6 Å². The summed E-state index contributed by atoms with van der Waals surface area (Å²) in [4.78, 5) is 32.2. The lowest BCUT2D eigenvalue weighted by Crippen LogP contribution is -2.45. The summed E-state index contributed by atoms with van der Waals surface area (Å²) in [5.41, 5.74) is 0.717. The summed E-state index contributed by atoms with van der Waals surface area (Å²) >= 11 is 11.3. The van der Waals surface area contributed by atoms with E-state index in [1.165, 1.54) is 16.0 Å². The molecule has 0 bridgehead atoms. The van der Waals surface area contributed by atoms with Gasteiger partial charge in [0.1, 0.15) is 11.9 Å². The molecule has 0 aliphatic carbocycles. The van der Waals surface area contributed by atoms with Crippen LogP contribution >= 0.6 is 39.3 Å². The molecule has 1 aromatic heterocycles. The quantitative estimate of drug-likeness (QED) is 0.333. The van der Waals surface area contributed by atoms with Crippen molar-refractivity contribution in [3.8, 4) is 0 Å². The van der Waals surface area contributed by atoms with Crippen molar-refractivity contribution in [1.82, 2.24) is 9.66 Å². The zero-order chi connectivity index (χ0) is 23.6. The minimum atomic E-state index is -0.766. The van der Waals surface area contributed by atoms with E-state index >= 15 is 0 Å². The van der Waals surface area contributed by atoms with Gasteiger partial charge in [0, 0.05) is 14.4 Å². The number of fused-ring (bicyclic) bond motifs is 1. The Kier molecular flexibility index (Phi) is 7.57. The largest absolute Gasteiger partial charge is 0.442 e. The van der Waals surface area contributed by atoms with Crippen LogP contribution in [0.2, 0.25) is 5.02 Å². The predicted octanol–water partition coefficient (Wildman–Crippen LogP) is 6.83. The Morgan fingerprint density at radius 3 is 2.66 bits per heavy atom. The van der Waals surface area contributed by atoms with Crippen molar-refractivity contribution in [3.05, 3.63) is 62.1 Å². The van der Waals surface area contributed by atoms with Gasteiger partial charge in [-0.15, -0.1) is 11.8 Å². The molecule has 6 nitrogen and oxygen atoms in total. The van der Waals surface area contributed by atoms with Crippen molar-refractivity contribution >= 4 is 62.0 Å². The van der Waals surface area contributed by atoms with Crippen LogP contribution in [0.3, 0.4) is 0 Å². The molecule has 3 aromatic rings. The molecule has 0 radical (unpaired) electrons. The molecule has 2 aromatic carbocycles. The first-order valence-corrected chi connectivity index (χ1v) is 12.3. The van der Waals surface area contributed by atoms with E-state index in [1.807, 2.05) is 19.1 Å². The van der Waals surface area contributed by atoms with Crippen LogP contribution in [0.5, 0.6) is 0 Å². The highest BCUT2D eigenvalue weighted by atomic mass is 79.9. The minimum Gasteiger partial charge on any atom is -0.442 e. The maximum Gasteiger partial charge on any atom is 0.434 e. The summed E-state index contributed by atoms with van der Waals surface area (Å²) in [6.07, 6.45) is 1.58. The number of ether oxygens (including phenoxy) is 1. The third-order valence-corrected chi connectivity index (χ3v) is 6.44. The van der Waals surface area contributed by atoms with Crippen molar-refractivity contribution in [2.75, 3.05) is 10.8 Å². The highest BCUT2D eigenvalue weighted by molar-refractivity contribution is 9.10. The van der Waals surface area contributed by atoms with Crippen molar-refractivity contribution in [3.63, 3.8) is 0 Å². The molecule has 0 aliphatic heterocycles. The van der Waals surface area contributed by atoms with Gasteiger partial charge >= 0.3 is 6.09 Å². The number of aromatic nitrogens is 2. The van der Waals surface area contributed by atoms with Gasteiger partial charge in [-0.3, -0.25) is 4.79 Å². The number of carbonyl (C=O) groups excluding carboxylic acids is 1. The molecule has 1 heterocycles. The number of thioether (sulfide) groups is 1. The molecular formula is C23H25BrClN3O3S. The molecule has 0 saturated carbocycles. The summed E-state index contributed by atoms with van der Waals surface area (Å²) in [5, 5.41) is 2.03. The number of hydrogen-bond donors (Lipinski definition) is 0. The van der Waals surface area contributed by atoms with Crippen molar-refractivity contribution in [2.24, 2.45) is 0 Å². The lowest BCUT2D eigenvalue weighted by Gasteiger charge is -2.29. The van der Waals surface area contributed by atoms with Gasteiger partial charge in [-0.25, -0.2) is 9.78 Å². The lowest BCUT2D eigenvalue weighted by molar-refractivity contribution is 0.0561. The van der Waals surface area contributed by atoms with Crippen LogP contribution < -0.4 is 10.6 Å². The molecule has 0 atom stereocenters. The smallest absolute Gasteiger partial charge is 0.434 e. The average molecular weight is 539 g/mol. The highest BCUT2D eigenvalue weighted by Crippen LogP contribution is 2.34. The number of anilines is 1. The van der Waals surface area contributed by atoms with Gasteiger partial charge in [-0.1, -0.05) is 18.5 Å². The zero-order valence-electron chi connectivity index (χ0n) is 18.6. The zero-order valence-corrected chi connectivity index (χ0v) is 21.8. The summed E-state index contributed by atoms with van der Waals surface area (Å²) in [5.74, 6) is 0.841. The Morgan fingerprint density at radius 1 is 1.28 bits per heavy atom. The Hall–Kier alpha value is -2.03. The second kappa shape index (κ2) is 9.85. The van der Waals surface area contributed by atoms with E-state index in [1.54, 1.807) is 50.7 Å². The minimum absolute atomic E-state index is 0.387. The molecule has 32 heavy (non-hydrogen) atoms. The van der Waals surface area contributed by atoms with Gasteiger partial charge in [-0.05, 0) is 91.7 Å². The van der Waals surface area contributed by atoms with E-state index in [0.717, 1.165) is 22.6 Å². The summed E-state index contributed by atoms with van der Waals surface area (Å²) in [6, 6.07) is 8.91. The van der Waals surface area contributed by atoms with Gasteiger partial charge in [0.2, 0.25) is 0 Å². The normalized spacial score (nSPS) is 11.6. The lowest BCUT2D eigenvalue weighted by atomic mass is 10.2. The number of benzene rings is 2. The fraction of sp³-hybridized carbons (Fsp3) is 0.348. The van der Waals surface area contributed by atoms with Crippen LogP contribution in [0.15, 0.2) is 50.8 Å². The molecule has 3 rings (SSSR count). The Labute approximate surface area is 205 Å². The fourth-order valence-corrected chi connectivity index (χ4v) is 4.78. The number of carbonyl (C=O) groups is 1. The average Bonchev–Trinajstić information content (AvgIpc) is 2.68. The van der Waals surface area contributed by atoms with Crippen LogP contribution in [0, 0.1) is 6.92 Å². The second-order valence-corrected chi connectivity index (χ2v) is 10.7. The summed E-state index contributed by atoms with van der Waals surface area (Å²) in [7, 11) is 0. The van der Waals surface area contributed by atoms with Crippen LogP contribution in [-0.4, -0.2) is 27.1 Å². The van der Waals surface area contributed by atoms with E-state index in [-0.39, 0.29) is 0 Å². The van der Waals surface area contributed by atoms with Crippen molar-refractivity contribution < 1.29 is 9.53 Å². The van der Waals surface area contributed by atoms with E-state index in [9.17, 15) is 9.59 Å². The third kappa shape index (κ3) is 5.47. The van der Waals surface area contributed by atoms with Gasteiger partial charge in [0.25, 0.3) is 5.56 Å². The number of hydrogen-bond acceptors (Lipinski definition) is 5. The van der Waals surface area contributed by atoms with Crippen molar-refractivity contribution in [1.29, 1.82) is 0 Å². The van der Waals surface area contributed by atoms with Gasteiger partial charge < -0.3 is 4.74 Å². The number of aryl methyl sites for hydroxylation is 1. The van der Waals surface area contributed by atoms with E-state index < -0.39 is 17.3 Å². The topological polar surface area (TPSA) is 64.4 Å². The van der Waals surface area contributed by atoms with Crippen LogP contribution in [0.4, 0.5) is 10.5 Å². The first kappa shape index (κ1) is 24.6. The molecule has 1 amide bonds. The number of rotatable bonds is 5. The predicted molar refractivity (Wildman–Crippen MR) is 135 cm³/mol. The van der Waals surface area contributed by atoms with E-state index in [2.05, 4.69) is 27.8 Å². The SMILES string of the molecule is CCCSc1ccc(Cl)cc1N(C(=O)OC(C)(C)C)n1cnc2c(Br)cc(C)cc2c1=O. The van der Waals surface area contributed by atoms with Crippen LogP contribution in [0.1, 0.15) is 39.7 Å². The second-order valence-electron chi connectivity index (χ2n) is 8.29. The first-order valence-electron chi connectivity index (χ1n) is 10.1. The number of halogens is 2. The van der Waals surface area contributed by atoms with Gasteiger partial charge in [-0.2, -0.15) is 9.69 Å². The molecule has 0 spiro atoms. The Bertz CT molecular complexity index is 1220. The highest BCUT2D eigenvalue weighted by Gasteiger charge is 2.29. The molecule has 0 saturated heterocycles. The van der Waals surface area contributed by atoms with Crippen molar-refractivity contribution in [2.45, 2.75) is 51.5 Å². The summed E-state index contributed by atoms with van der Waals surface area (Å²) in [6.45, 7) is 9.29. The molecule has 0 fully saturated rings. The maximum absolute atomic E-state index is 13.5. The Morgan fingerprint density at radius 2 is 2.00 bits per heavy atom.